The van der Waals surface area contributed by atoms with E-state index in [2.05, 4.69) is 16.4 Å². The third-order valence-electron chi connectivity index (χ3n) is 8.61. The SMILES string of the molecule is CCC(CCCCCF)C(=O)N1CCC(C2CCCCC2)C1C=O.CCOC(=O)c1cc2cc(NC)ccc2o1.CN.CNC=O. The summed E-state index contributed by atoms with van der Waals surface area (Å²) >= 11 is 0. The van der Waals surface area contributed by atoms with Crippen molar-refractivity contribution in [3.05, 3.63) is 30.0 Å². The van der Waals surface area contributed by atoms with E-state index in [1.54, 1.807) is 20.0 Å². The maximum atomic E-state index is 12.9. The summed E-state index contributed by atoms with van der Waals surface area (Å²) in [5.74, 6) is 0.965. The zero-order chi connectivity index (χ0) is 34.3. The molecule has 2 heterocycles. The van der Waals surface area contributed by atoms with Crippen molar-refractivity contribution in [1.29, 1.82) is 0 Å². The second kappa shape index (κ2) is 23.8. The molecule has 1 saturated carbocycles. The van der Waals surface area contributed by atoms with Gasteiger partial charge in [-0.1, -0.05) is 51.9 Å². The van der Waals surface area contributed by atoms with Crippen molar-refractivity contribution in [3.8, 4) is 0 Å². The van der Waals surface area contributed by atoms with Crippen LogP contribution in [-0.4, -0.2) is 76.5 Å². The average Bonchev–Trinajstić information content (AvgIpc) is 3.74. The third kappa shape index (κ3) is 12.7. The van der Waals surface area contributed by atoms with Crippen molar-refractivity contribution in [2.75, 3.05) is 46.3 Å². The second-order valence-corrected chi connectivity index (χ2v) is 11.4. The van der Waals surface area contributed by atoms with Crippen molar-refractivity contribution in [2.24, 2.45) is 23.5 Å². The first-order chi connectivity index (χ1) is 22.4. The number of carbonyl (C=O) groups is 4. The number of nitrogens with zero attached hydrogens (tertiary/aromatic N) is 1. The summed E-state index contributed by atoms with van der Waals surface area (Å²) in [6.45, 7) is 4.62. The maximum absolute atomic E-state index is 12.9. The van der Waals surface area contributed by atoms with Crippen molar-refractivity contribution >= 4 is 41.2 Å². The Balaban J connectivity index is 0.000000413. The zero-order valence-corrected chi connectivity index (χ0v) is 28.5. The first kappa shape index (κ1) is 40.6. The summed E-state index contributed by atoms with van der Waals surface area (Å²) in [5.41, 5.74) is 6.16. The smallest absolute Gasteiger partial charge is 0.374 e. The van der Waals surface area contributed by atoms with E-state index in [1.807, 2.05) is 37.1 Å². The minimum absolute atomic E-state index is 0.00262. The highest BCUT2D eigenvalue weighted by Crippen LogP contribution is 2.39. The van der Waals surface area contributed by atoms with Gasteiger partial charge in [0.15, 0.2) is 0 Å². The second-order valence-electron chi connectivity index (χ2n) is 11.4. The molecule has 10 nitrogen and oxygen atoms in total. The van der Waals surface area contributed by atoms with Gasteiger partial charge in [0.05, 0.1) is 19.3 Å². The molecule has 46 heavy (non-hydrogen) atoms. The van der Waals surface area contributed by atoms with Crippen LogP contribution in [0.25, 0.3) is 11.0 Å². The first-order valence-electron chi connectivity index (χ1n) is 16.8. The van der Waals surface area contributed by atoms with Crippen molar-refractivity contribution in [3.63, 3.8) is 0 Å². The summed E-state index contributed by atoms with van der Waals surface area (Å²) in [7, 11) is 4.90. The number of fused-ring (bicyclic) bond motifs is 1. The molecule has 4 rings (SSSR count). The van der Waals surface area contributed by atoms with E-state index >= 15 is 0 Å². The molecule has 1 aromatic heterocycles. The lowest BCUT2D eigenvalue weighted by atomic mass is 9.77. The molecule has 11 heteroatoms. The number of unbranched alkanes of at least 4 members (excludes halogenated alkanes) is 2. The van der Waals surface area contributed by atoms with E-state index in [0.717, 1.165) is 56.0 Å². The predicted octanol–water partition coefficient (Wildman–Crippen LogP) is 6.13. The number of anilines is 1. The molecule has 2 aliphatic rings. The maximum Gasteiger partial charge on any atom is 0.374 e. The molecule has 3 atom stereocenters. The van der Waals surface area contributed by atoms with Crippen LogP contribution in [0, 0.1) is 17.8 Å². The molecule has 0 spiro atoms. The van der Waals surface area contributed by atoms with Crippen LogP contribution >= 0.6 is 0 Å². The number of likely N-dealkylation sites (tertiary alicyclic amines) is 1. The zero-order valence-electron chi connectivity index (χ0n) is 28.5. The number of alkyl halides is 1. The van der Waals surface area contributed by atoms with Gasteiger partial charge in [0.1, 0.15) is 11.9 Å². The van der Waals surface area contributed by atoms with Gasteiger partial charge in [-0.3, -0.25) is 14.0 Å². The van der Waals surface area contributed by atoms with Crippen LogP contribution in [0.3, 0.4) is 0 Å². The Morgan fingerprint density at radius 1 is 1.07 bits per heavy atom. The molecule has 1 saturated heterocycles. The number of amides is 2. The summed E-state index contributed by atoms with van der Waals surface area (Å²) in [6, 6.07) is 7.11. The molecule has 2 aromatic rings. The molecule has 1 aliphatic carbocycles. The number of hydrogen-bond acceptors (Lipinski definition) is 8. The highest BCUT2D eigenvalue weighted by Gasteiger charge is 2.42. The molecule has 0 radical (unpaired) electrons. The van der Waals surface area contributed by atoms with Gasteiger partial charge in [-0.2, -0.15) is 0 Å². The lowest BCUT2D eigenvalue weighted by molar-refractivity contribution is -0.139. The van der Waals surface area contributed by atoms with Gasteiger partial charge in [0.25, 0.3) is 0 Å². The third-order valence-corrected chi connectivity index (χ3v) is 8.61. The number of rotatable bonds is 13. The minimum Gasteiger partial charge on any atom is -0.460 e. The van der Waals surface area contributed by atoms with E-state index in [-0.39, 0.29) is 30.3 Å². The largest absolute Gasteiger partial charge is 0.460 e. The number of esters is 1. The summed E-state index contributed by atoms with van der Waals surface area (Å²) in [4.78, 5) is 47.1. The fraction of sp³-hybridized carbons (Fsp3) is 0.657. The number of hydrogen-bond donors (Lipinski definition) is 3. The number of furan rings is 1. The van der Waals surface area contributed by atoms with Gasteiger partial charge >= 0.3 is 5.97 Å². The van der Waals surface area contributed by atoms with E-state index in [4.69, 9.17) is 13.9 Å². The monoisotopic (exact) mass is 648 g/mol. The fourth-order valence-electron chi connectivity index (χ4n) is 6.25. The minimum atomic E-state index is -0.426. The molecular weight excluding hydrogens is 591 g/mol. The van der Waals surface area contributed by atoms with Gasteiger partial charge in [0, 0.05) is 37.6 Å². The lowest BCUT2D eigenvalue weighted by Gasteiger charge is -2.32. The summed E-state index contributed by atoms with van der Waals surface area (Å²) < 4.78 is 22.5. The Morgan fingerprint density at radius 3 is 2.33 bits per heavy atom. The Kier molecular flexibility index (Phi) is 21.0. The average molecular weight is 649 g/mol. The van der Waals surface area contributed by atoms with E-state index in [1.165, 1.54) is 39.2 Å². The van der Waals surface area contributed by atoms with E-state index in [9.17, 15) is 18.8 Å². The fourth-order valence-corrected chi connectivity index (χ4v) is 6.25. The first-order valence-corrected chi connectivity index (χ1v) is 16.8. The summed E-state index contributed by atoms with van der Waals surface area (Å²) in [5, 5.41) is 6.16. The van der Waals surface area contributed by atoms with Gasteiger partial charge in [-0.05, 0) is 75.8 Å². The Bertz CT molecular complexity index is 1150. The van der Waals surface area contributed by atoms with Crippen LogP contribution in [0.4, 0.5) is 10.1 Å². The Labute approximate surface area is 274 Å². The quantitative estimate of drug-likeness (QED) is 0.134. The van der Waals surface area contributed by atoms with Gasteiger partial charge in [-0.25, -0.2) is 4.79 Å². The molecule has 2 fully saturated rings. The highest BCUT2D eigenvalue weighted by atomic mass is 19.1. The van der Waals surface area contributed by atoms with Crippen LogP contribution in [0.15, 0.2) is 28.7 Å². The lowest BCUT2D eigenvalue weighted by Crippen LogP contribution is -2.43. The van der Waals surface area contributed by atoms with Gasteiger partial charge < -0.3 is 35.2 Å². The van der Waals surface area contributed by atoms with Crippen LogP contribution < -0.4 is 16.4 Å². The Hall–Kier alpha value is -3.47. The number of aldehydes is 1. The van der Waals surface area contributed by atoms with Crippen LogP contribution in [-0.2, 0) is 19.1 Å². The number of nitrogens with one attached hydrogen (secondary N) is 2. The van der Waals surface area contributed by atoms with Crippen molar-refractivity contribution in [1.82, 2.24) is 10.2 Å². The van der Waals surface area contributed by atoms with Crippen molar-refractivity contribution in [2.45, 2.75) is 90.5 Å². The molecule has 260 valence electrons. The molecule has 0 bridgehead atoms. The molecule has 3 unspecified atom stereocenters. The van der Waals surface area contributed by atoms with Crippen LogP contribution in [0.2, 0.25) is 0 Å². The molecule has 2 amide bonds. The molecule has 4 N–H and O–H groups in total. The number of carbonyl (C=O) groups excluding carboxylic acids is 4. The number of nitrogens with two attached hydrogens (primary N) is 1. The molecular formula is C35H57FN4O6. The van der Waals surface area contributed by atoms with Crippen LogP contribution in [0.5, 0.6) is 0 Å². The topological polar surface area (TPSA) is 144 Å². The predicted molar refractivity (Wildman–Crippen MR) is 181 cm³/mol. The van der Waals surface area contributed by atoms with Gasteiger partial charge in [0.2, 0.25) is 18.1 Å². The number of ether oxygens (including phenoxy) is 1. The van der Waals surface area contributed by atoms with E-state index < -0.39 is 5.97 Å². The molecule has 1 aliphatic heterocycles. The van der Waals surface area contributed by atoms with Gasteiger partial charge in [-0.15, -0.1) is 0 Å². The highest BCUT2D eigenvalue weighted by molar-refractivity contribution is 5.93. The van der Waals surface area contributed by atoms with E-state index in [0.29, 0.717) is 36.9 Å². The standard InChI is InChI=1S/C20H34FNO2.C12H13NO3.C2H5NO.CH5N/c1-2-16(9-7-4-8-13-21)20(24)22-14-12-18(19(22)15-23)17-10-5-3-6-11-17;1-3-15-12(14)11-7-8-6-9(13-2)4-5-10(8)16-11;1-3-2-4;1-2/h15-19H,2-14H2,1H3;4-7,13H,3H2,1-2H3;2H,1H3,(H,3,4);2H2,1H3. The summed E-state index contributed by atoms with van der Waals surface area (Å²) in [6.07, 6.45) is 12.9. The Morgan fingerprint density at radius 2 is 1.76 bits per heavy atom. The number of halogens is 1. The normalized spacial score (nSPS) is 18.0. The van der Waals surface area contributed by atoms with Crippen LogP contribution in [0.1, 0.15) is 95.0 Å². The van der Waals surface area contributed by atoms with Crippen molar-refractivity contribution < 1.29 is 32.7 Å². The molecule has 1 aromatic carbocycles. The number of benzene rings is 1.